The molecule has 0 spiro atoms. The van der Waals surface area contributed by atoms with Crippen LogP contribution in [0.2, 0.25) is 0 Å². The highest BCUT2D eigenvalue weighted by atomic mass is 16.2. The average molecular weight is 295 g/mol. The van der Waals surface area contributed by atoms with Gasteiger partial charge in [0.15, 0.2) is 0 Å². The second-order valence-corrected chi connectivity index (χ2v) is 5.29. The number of amides is 2. The maximum atomic E-state index is 12.0. The number of rotatable bonds is 5. The normalized spacial score (nSPS) is 13.3. The average Bonchev–Trinajstić information content (AvgIpc) is 3.39. The van der Waals surface area contributed by atoms with Crippen LogP contribution in [-0.4, -0.2) is 11.8 Å². The Labute approximate surface area is 128 Å². The molecule has 0 heterocycles. The van der Waals surface area contributed by atoms with E-state index in [4.69, 9.17) is 0 Å². The van der Waals surface area contributed by atoms with Crippen molar-refractivity contribution >= 4 is 23.2 Å². The molecule has 2 amide bonds. The Balaban J connectivity index is 1.55. The van der Waals surface area contributed by atoms with E-state index >= 15 is 0 Å². The van der Waals surface area contributed by atoms with Crippen molar-refractivity contribution in [1.29, 1.82) is 0 Å². The van der Waals surface area contributed by atoms with Crippen LogP contribution in [0.25, 0.3) is 0 Å². The minimum absolute atomic E-state index is 0.0583. The largest absolute Gasteiger partial charge is 0.326 e. The number of carbonyl (C=O) groups is 2. The van der Waals surface area contributed by atoms with Gasteiger partial charge in [-0.15, -0.1) is 0 Å². The number of nitrogens with one attached hydrogen (secondary N) is 3. The number of hydrazine groups is 1. The van der Waals surface area contributed by atoms with Gasteiger partial charge in [0.1, 0.15) is 0 Å². The zero-order valence-electron chi connectivity index (χ0n) is 12.0. The van der Waals surface area contributed by atoms with E-state index in [-0.39, 0.29) is 17.7 Å². The molecule has 22 heavy (non-hydrogen) atoms. The van der Waals surface area contributed by atoms with E-state index in [9.17, 15) is 9.59 Å². The fourth-order valence-corrected chi connectivity index (χ4v) is 2.02. The Morgan fingerprint density at radius 1 is 0.864 bits per heavy atom. The molecule has 0 aromatic heterocycles. The number of anilines is 2. The quantitative estimate of drug-likeness (QED) is 0.743. The van der Waals surface area contributed by atoms with Crippen LogP contribution in [0.1, 0.15) is 23.2 Å². The Hall–Kier alpha value is -2.82. The molecule has 0 atom stereocenters. The fourth-order valence-electron chi connectivity index (χ4n) is 2.02. The van der Waals surface area contributed by atoms with Crippen molar-refractivity contribution in [3.05, 3.63) is 60.2 Å². The summed E-state index contributed by atoms with van der Waals surface area (Å²) in [5.74, 6) is -0.00934. The van der Waals surface area contributed by atoms with Gasteiger partial charge >= 0.3 is 0 Å². The summed E-state index contributed by atoms with van der Waals surface area (Å²) in [5, 5.41) is 2.84. The molecule has 0 aliphatic heterocycles. The van der Waals surface area contributed by atoms with Crippen LogP contribution in [0.4, 0.5) is 11.4 Å². The smallest absolute Gasteiger partial charge is 0.269 e. The highest BCUT2D eigenvalue weighted by Gasteiger charge is 2.29. The lowest BCUT2D eigenvalue weighted by molar-refractivity contribution is -0.117. The van der Waals surface area contributed by atoms with E-state index in [1.807, 2.05) is 30.3 Å². The molecule has 0 bridgehead atoms. The first-order valence-corrected chi connectivity index (χ1v) is 7.25. The van der Waals surface area contributed by atoms with E-state index in [1.54, 1.807) is 24.3 Å². The van der Waals surface area contributed by atoms with E-state index in [2.05, 4.69) is 16.2 Å². The van der Waals surface area contributed by atoms with Crippen LogP contribution in [0.5, 0.6) is 0 Å². The van der Waals surface area contributed by atoms with Crippen LogP contribution in [-0.2, 0) is 4.79 Å². The second kappa shape index (κ2) is 6.30. The van der Waals surface area contributed by atoms with E-state index < -0.39 is 0 Å². The predicted octanol–water partition coefficient (Wildman–Crippen LogP) is 2.79. The minimum atomic E-state index is -0.232. The number of carbonyl (C=O) groups excluding carboxylic acids is 2. The molecule has 1 saturated carbocycles. The molecular weight excluding hydrogens is 278 g/mol. The van der Waals surface area contributed by atoms with Gasteiger partial charge in [-0.1, -0.05) is 18.2 Å². The third-order valence-corrected chi connectivity index (χ3v) is 3.46. The second-order valence-electron chi connectivity index (χ2n) is 5.29. The minimum Gasteiger partial charge on any atom is -0.326 e. The highest BCUT2D eigenvalue weighted by Crippen LogP contribution is 2.30. The molecule has 5 heteroatoms. The molecular formula is C17H17N3O2. The van der Waals surface area contributed by atoms with Crippen LogP contribution in [0.3, 0.4) is 0 Å². The van der Waals surface area contributed by atoms with Crippen LogP contribution < -0.4 is 16.2 Å². The summed E-state index contributed by atoms with van der Waals surface area (Å²) in [6.45, 7) is 0. The lowest BCUT2D eigenvalue weighted by Gasteiger charge is -2.09. The highest BCUT2D eigenvalue weighted by molar-refractivity contribution is 5.97. The number of hydrogen-bond donors (Lipinski definition) is 3. The summed E-state index contributed by atoms with van der Waals surface area (Å²) in [6.07, 6.45) is 1.94. The monoisotopic (exact) mass is 295 g/mol. The van der Waals surface area contributed by atoms with E-state index in [0.29, 0.717) is 11.3 Å². The Morgan fingerprint density at radius 3 is 2.18 bits per heavy atom. The third kappa shape index (κ3) is 3.63. The van der Waals surface area contributed by atoms with Gasteiger partial charge < -0.3 is 5.32 Å². The molecule has 1 aliphatic carbocycles. The van der Waals surface area contributed by atoms with Crippen molar-refractivity contribution < 1.29 is 9.59 Å². The number of hydrogen-bond acceptors (Lipinski definition) is 3. The van der Waals surface area contributed by atoms with Crippen molar-refractivity contribution in [2.45, 2.75) is 12.8 Å². The molecule has 2 aromatic rings. The molecule has 1 fully saturated rings. The van der Waals surface area contributed by atoms with Gasteiger partial charge in [0.05, 0.1) is 5.69 Å². The van der Waals surface area contributed by atoms with Crippen molar-refractivity contribution in [3.63, 3.8) is 0 Å². The maximum Gasteiger partial charge on any atom is 0.269 e. The standard InChI is InChI=1S/C17H17N3O2/c21-16(12-6-7-12)18-14-10-8-13(9-11-14)17(22)20-19-15-4-2-1-3-5-15/h1-5,8-12,19H,6-7H2,(H,18,21)(H,20,22). The summed E-state index contributed by atoms with van der Waals surface area (Å²) >= 11 is 0. The zero-order valence-corrected chi connectivity index (χ0v) is 12.0. The van der Waals surface area contributed by atoms with Crippen molar-refractivity contribution in [2.75, 3.05) is 10.7 Å². The Morgan fingerprint density at radius 2 is 1.55 bits per heavy atom. The molecule has 2 aromatic carbocycles. The Kier molecular flexibility index (Phi) is 4.05. The van der Waals surface area contributed by atoms with Gasteiger partial charge in [-0.2, -0.15) is 0 Å². The lowest BCUT2D eigenvalue weighted by Crippen LogP contribution is -2.29. The van der Waals surface area contributed by atoms with Gasteiger partial charge in [0.2, 0.25) is 5.91 Å². The van der Waals surface area contributed by atoms with Gasteiger partial charge in [-0.25, -0.2) is 0 Å². The molecule has 0 unspecified atom stereocenters. The lowest BCUT2D eigenvalue weighted by atomic mass is 10.2. The van der Waals surface area contributed by atoms with Gasteiger partial charge in [-0.05, 0) is 49.2 Å². The zero-order chi connectivity index (χ0) is 15.4. The van der Waals surface area contributed by atoms with Gasteiger partial charge in [0.25, 0.3) is 5.91 Å². The summed E-state index contributed by atoms with van der Waals surface area (Å²) in [7, 11) is 0. The van der Waals surface area contributed by atoms with Gasteiger partial charge in [-0.3, -0.25) is 20.4 Å². The Bertz CT molecular complexity index is 664. The predicted molar refractivity (Wildman–Crippen MR) is 85.3 cm³/mol. The third-order valence-electron chi connectivity index (χ3n) is 3.46. The fraction of sp³-hybridized carbons (Fsp3) is 0.176. The van der Waals surface area contributed by atoms with Crippen LogP contribution >= 0.6 is 0 Å². The van der Waals surface area contributed by atoms with Crippen LogP contribution in [0, 0.1) is 5.92 Å². The molecule has 3 rings (SSSR count). The molecule has 0 saturated heterocycles. The summed E-state index contributed by atoms with van der Waals surface area (Å²) in [5.41, 5.74) is 7.51. The molecule has 0 radical (unpaired) electrons. The van der Waals surface area contributed by atoms with Crippen molar-refractivity contribution in [2.24, 2.45) is 5.92 Å². The summed E-state index contributed by atoms with van der Waals surface area (Å²) in [6, 6.07) is 16.2. The SMILES string of the molecule is O=C(NNc1ccccc1)c1ccc(NC(=O)C2CC2)cc1. The molecule has 3 N–H and O–H groups in total. The molecule has 5 nitrogen and oxygen atoms in total. The molecule has 112 valence electrons. The number of benzene rings is 2. The van der Waals surface area contributed by atoms with Crippen molar-refractivity contribution in [3.8, 4) is 0 Å². The topological polar surface area (TPSA) is 70.2 Å². The molecule has 1 aliphatic rings. The first kappa shape index (κ1) is 14.1. The first-order valence-electron chi connectivity index (χ1n) is 7.25. The maximum absolute atomic E-state index is 12.0. The number of para-hydroxylation sites is 1. The van der Waals surface area contributed by atoms with E-state index in [1.165, 1.54) is 0 Å². The summed E-state index contributed by atoms with van der Waals surface area (Å²) in [4.78, 5) is 23.7. The van der Waals surface area contributed by atoms with E-state index in [0.717, 1.165) is 18.5 Å². The van der Waals surface area contributed by atoms with Crippen molar-refractivity contribution in [1.82, 2.24) is 5.43 Å². The first-order chi connectivity index (χ1) is 10.7. The summed E-state index contributed by atoms with van der Waals surface area (Å²) < 4.78 is 0. The van der Waals surface area contributed by atoms with Crippen LogP contribution in [0.15, 0.2) is 54.6 Å². The van der Waals surface area contributed by atoms with Gasteiger partial charge in [0, 0.05) is 17.2 Å².